The molecule has 0 amide bonds. The van der Waals surface area contributed by atoms with Gasteiger partial charge in [0.05, 0.1) is 4.92 Å². The van der Waals surface area contributed by atoms with Gasteiger partial charge in [-0.2, -0.15) is 0 Å². The molecule has 2 atom stereocenters. The average Bonchev–Trinajstić information content (AvgIpc) is 2.41. The standard InChI is InChI=1S/C12H15BrN2O4S/c13-9-5-1-2-6-10(9)14-20(18,19)12-8-4-3-7-11(12)15(16)17/h3-4,7-10,14H,1-2,5-6H2. The zero-order valence-corrected chi connectivity index (χ0v) is 13.1. The summed E-state index contributed by atoms with van der Waals surface area (Å²) in [6, 6.07) is 5.15. The van der Waals surface area contributed by atoms with Crippen molar-refractivity contribution < 1.29 is 13.3 Å². The lowest BCUT2D eigenvalue weighted by Gasteiger charge is -2.27. The molecule has 0 radical (unpaired) electrons. The quantitative estimate of drug-likeness (QED) is 0.506. The van der Waals surface area contributed by atoms with Crippen molar-refractivity contribution in [2.24, 2.45) is 0 Å². The van der Waals surface area contributed by atoms with Crippen molar-refractivity contribution in [2.75, 3.05) is 0 Å². The summed E-state index contributed by atoms with van der Waals surface area (Å²) in [5.74, 6) is 0. The molecule has 8 heteroatoms. The average molecular weight is 363 g/mol. The third kappa shape index (κ3) is 3.36. The normalized spacial score (nSPS) is 23.4. The van der Waals surface area contributed by atoms with Crippen LogP contribution in [0.3, 0.4) is 0 Å². The lowest BCUT2D eigenvalue weighted by Crippen LogP contribution is -2.42. The maximum atomic E-state index is 12.3. The van der Waals surface area contributed by atoms with Gasteiger partial charge in [-0.1, -0.05) is 40.9 Å². The Hall–Kier alpha value is -0.990. The topological polar surface area (TPSA) is 89.3 Å². The number of nitrogens with zero attached hydrogens (tertiary/aromatic N) is 1. The largest absolute Gasteiger partial charge is 0.289 e. The van der Waals surface area contributed by atoms with E-state index in [2.05, 4.69) is 20.7 Å². The predicted octanol–water partition coefficient (Wildman–Crippen LogP) is 2.58. The van der Waals surface area contributed by atoms with Crippen LogP contribution in [0, 0.1) is 10.1 Å². The predicted molar refractivity (Wildman–Crippen MR) is 78.4 cm³/mol. The first-order valence-corrected chi connectivity index (χ1v) is 8.71. The van der Waals surface area contributed by atoms with Crippen LogP contribution >= 0.6 is 15.9 Å². The highest BCUT2D eigenvalue weighted by atomic mass is 79.9. The third-order valence-electron chi connectivity index (χ3n) is 3.34. The van der Waals surface area contributed by atoms with Crippen LogP contribution in [0.4, 0.5) is 5.69 Å². The first-order valence-electron chi connectivity index (χ1n) is 6.31. The summed E-state index contributed by atoms with van der Waals surface area (Å²) in [6.07, 6.45) is 3.63. The Bertz CT molecular complexity index is 605. The minimum Gasteiger partial charge on any atom is -0.258 e. The molecule has 2 unspecified atom stereocenters. The monoisotopic (exact) mass is 362 g/mol. The summed E-state index contributed by atoms with van der Waals surface area (Å²) >= 11 is 3.47. The molecule has 0 spiro atoms. The maximum Gasteiger partial charge on any atom is 0.289 e. The van der Waals surface area contributed by atoms with Gasteiger partial charge in [0.25, 0.3) is 5.69 Å². The molecule has 1 aromatic rings. The Labute approximate surface area is 125 Å². The van der Waals surface area contributed by atoms with Gasteiger partial charge in [0.15, 0.2) is 4.90 Å². The first-order chi connectivity index (χ1) is 9.42. The highest BCUT2D eigenvalue weighted by Gasteiger charge is 2.31. The van der Waals surface area contributed by atoms with E-state index in [1.807, 2.05) is 0 Å². The van der Waals surface area contributed by atoms with Crippen LogP contribution in [0.1, 0.15) is 25.7 Å². The van der Waals surface area contributed by atoms with E-state index in [0.717, 1.165) is 25.7 Å². The Morgan fingerprint density at radius 1 is 1.25 bits per heavy atom. The number of benzene rings is 1. The first kappa shape index (κ1) is 15.4. The second-order valence-electron chi connectivity index (χ2n) is 4.75. The Morgan fingerprint density at radius 3 is 2.55 bits per heavy atom. The van der Waals surface area contributed by atoms with Gasteiger partial charge in [-0.05, 0) is 18.9 Å². The molecule has 20 heavy (non-hydrogen) atoms. The van der Waals surface area contributed by atoms with Crippen LogP contribution in [0.2, 0.25) is 0 Å². The van der Waals surface area contributed by atoms with E-state index in [1.54, 1.807) is 0 Å². The van der Waals surface area contributed by atoms with Gasteiger partial charge in [0.2, 0.25) is 10.0 Å². The Morgan fingerprint density at radius 2 is 1.90 bits per heavy atom. The number of rotatable bonds is 4. The summed E-state index contributed by atoms with van der Waals surface area (Å²) in [7, 11) is -3.89. The smallest absolute Gasteiger partial charge is 0.258 e. The molecular weight excluding hydrogens is 348 g/mol. The van der Waals surface area contributed by atoms with Crippen molar-refractivity contribution in [3.63, 3.8) is 0 Å². The van der Waals surface area contributed by atoms with Crippen LogP contribution in [0.15, 0.2) is 29.2 Å². The molecule has 2 rings (SSSR count). The van der Waals surface area contributed by atoms with E-state index in [9.17, 15) is 18.5 Å². The number of hydrogen-bond donors (Lipinski definition) is 1. The second kappa shape index (κ2) is 6.19. The summed E-state index contributed by atoms with van der Waals surface area (Å²) in [4.78, 5) is 10.0. The van der Waals surface area contributed by atoms with Crippen LogP contribution in [-0.4, -0.2) is 24.2 Å². The summed E-state index contributed by atoms with van der Waals surface area (Å²) in [6.45, 7) is 0. The minimum atomic E-state index is -3.89. The van der Waals surface area contributed by atoms with E-state index in [4.69, 9.17) is 0 Å². The Kier molecular flexibility index (Phi) is 4.77. The lowest BCUT2D eigenvalue weighted by atomic mass is 9.96. The zero-order chi connectivity index (χ0) is 14.8. The number of nitro groups is 1. The third-order valence-corrected chi connectivity index (χ3v) is 5.97. The van der Waals surface area contributed by atoms with Crippen LogP contribution < -0.4 is 4.72 Å². The lowest BCUT2D eigenvalue weighted by molar-refractivity contribution is -0.387. The van der Waals surface area contributed by atoms with Gasteiger partial charge in [-0.15, -0.1) is 0 Å². The molecule has 1 aliphatic rings. The van der Waals surface area contributed by atoms with Crippen molar-refractivity contribution in [1.82, 2.24) is 4.72 Å². The highest BCUT2D eigenvalue weighted by Crippen LogP contribution is 2.28. The number of nitrogens with one attached hydrogen (secondary N) is 1. The fourth-order valence-corrected chi connectivity index (χ4v) is 4.69. The van der Waals surface area contributed by atoms with Crippen LogP contribution in [0.5, 0.6) is 0 Å². The van der Waals surface area contributed by atoms with E-state index < -0.39 is 20.6 Å². The van der Waals surface area contributed by atoms with Crippen molar-refractivity contribution in [3.05, 3.63) is 34.4 Å². The van der Waals surface area contributed by atoms with Gasteiger partial charge in [-0.3, -0.25) is 10.1 Å². The fourth-order valence-electron chi connectivity index (χ4n) is 2.32. The fraction of sp³-hybridized carbons (Fsp3) is 0.500. The molecule has 0 heterocycles. The van der Waals surface area contributed by atoms with Crippen molar-refractivity contribution in [1.29, 1.82) is 0 Å². The van der Waals surface area contributed by atoms with Crippen molar-refractivity contribution in [3.8, 4) is 0 Å². The maximum absolute atomic E-state index is 12.3. The molecule has 1 aliphatic carbocycles. The van der Waals surface area contributed by atoms with Crippen LogP contribution in [-0.2, 0) is 10.0 Å². The van der Waals surface area contributed by atoms with E-state index >= 15 is 0 Å². The van der Waals surface area contributed by atoms with Gasteiger partial charge in [0.1, 0.15) is 0 Å². The van der Waals surface area contributed by atoms with E-state index in [-0.39, 0.29) is 15.8 Å². The number of sulfonamides is 1. The minimum absolute atomic E-state index is 0.0637. The van der Waals surface area contributed by atoms with Gasteiger partial charge < -0.3 is 0 Å². The molecular formula is C12H15BrN2O4S. The number of hydrogen-bond acceptors (Lipinski definition) is 4. The molecule has 1 saturated carbocycles. The number of para-hydroxylation sites is 1. The molecule has 0 aromatic heterocycles. The SMILES string of the molecule is O=[N+]([O-])c1ccccc1S(=O)(=O)NC1CCCCC1Br. The van der Waals surface area contributed by atoms with E-state index in [0.29, 0.717) is 0 Å². The van der Waals surface area contributed by atoms with Gasteiger partial charge >= 0.3 is 0 Å². The molecule has 110 valence electrons. The van der Waals surface area contributed by atoms with Crippen molar-refractivity contribution >= 4 is 31.6 Å². The number of nitro benzene ring substituents is 1. The molecule has 0 aliphatic heterocycles. The van der Waals surface area contributed by atoms with Gasteiger partial charge in [-0.25, -0.2) is 13.1 Å². The number of alkyl halides is 1. The molecule has 1 aromatic carbocycles. The Balaban J connectivity index is 2.29. The summed E-state index contributed by atoms with van der Waals surface area (Å²) in [5.41, 5.74) is -0.401. The molecule has 0 bridgehead atoms. The molecule has 0 saturated heterocycles. The summed E-state index contributed by atoms with van der Waals surface area (Å²) in [5, 5.41) is 10.9. The molecule has 1 fully saturated rings. The van der Waals surface area contributed by atoms with Gasteiger partial charge in [0, 0.05) is 16.9 Å². The molecule has 1 N–H and O–H groups in total. The van der Waals surface area contributed by atoms with Crippen molar-refractivity contribution in [2.45, 2.75) is 41.4 Å². The summed E-state index contributed by atoms with van der Waals surface area (Å²) < 4.78 is 27.2. The van der Waals surface area contributed by atoms with E-state index in [1.165, 1.54) is 24.3 Å². The zero-order valence-electron chi connectivity index (χ0n) is 10.7. The molecule has 6 nitrogen and oxygen atoms in total. The second-order valence-corrected chi connectivity index (χ2v) is 7.61. The number of halogens is 1. The highest BCUT2D eigenvalue weighted by molar-refractivity contribution is 9.09. The van der Waals surface area contributed by atoms with Crippen LogP contribution in [0.25, 0.3) is 0 Å².